The molecule has 0 atom stereocenters. The summed E-state index contributed by atoms with van der Waals surface area (Å²) in [5.74, 6) is 0. The van der Waals surface area contributed by atoms with E-state index in [0.29, 0.717) is 6.42 Å². The molecule has 0 amide bonds. The molecule has 0 spiro atoms. The molecule has 1 rings (SSSR count). The van der Waals surface area contributed by atoms with Gasteiger partial charge in [-0.25, -0.2) is 0 Å². The van der Waals surface area contributed by atoms with E-state index in [1.54, 1.807) is 0 Å². The monoisotopic (exact) mass is 173 g/mol. The molecule has 0 nitrogen and oxygen atoms in total. The van der Waals surface area contributed by atoms with Crippen molar-refractivity contribution in [2.24, 2.45) is 0 Å². The molecule has 0 N–H and O–H groups in total. The Kier molecular flexibility index (Phi) is 2.40. The van der Waals surface area contributed by atoms with Crippen LogP contribution in [-0.2, 0) is 12.6 Å². The fraction of sp³-hybridized carbons (Fsp3) is 0.222. The Labute approximate surface area is 69.0 Å². The number of halogens is 3. The Bertz CT molecular complexity index is 245. The van der Waals surface area contributed by atoms with E-state index in [1.807, 2.05) is 0 Å². The summed E-state index contributed by atoms with van der Waals surface area (Å²) in [7, 11) is 0. The number of benzene rings is 1. The summed E-state index contributed by atoms with van der Waals surface area (Å²) in [4.78, 5) is 0. The predicted molar refractivity (Wildman–Crippen MR) is 40.5 cm³/mol. The van der Waals surface area contributed by atoms with Crippen molar-refractivity contribution >= 4 is 0 Å². The summed E-state index contributed by atoms with van der Waals surface area (Å²) in [5, 5.41) is 0. The van der Waals surface area contributed by atoms with Crippen LogP contribution in [0.5, 0.6) is 0 Å². The van der Waals surface area contributed by atoms with Crippen LogP contribution < -0.4 is 0 Å². The summed E-state index contributed by atoms with van der Waals surface area (Å²) < 4.78 is 36.0. The van der Waals surface area contributed by atoms with E-state index >= 15 is 0 Å². The summed E-state index contributed by atoms with van der Waals surface area (Å²) in [6.07, 6.45) is -3.72. The zero-order valence-corrected chi connectivity index (χ0v) is 6.36. The Morgan fingerprint density at radius 2 is 1.58 bits per heavy atom. The van der Waals surface area contributed by atoms with E-state index in [-0.39, 0.29) is 0 Å². The molecule has 3 heteroatoms. The molecule has 0 bridgehead atoms. The van der Waals surface area contributed by atoms with E-state index in [9.17, 15) is 13.2 Å². The van der Waals surface area contributed by atoms with Gasteiger partial charge in [0.1, 0.15) is 0 Å². The first kappa shape index (κ1) is 9.10. The molecule has 1 radical (unpaired) electrons. The van der Waals surface area contributed by atoms with Crippen molar-refractivity contribution in [2.75, 3.05) is 0 Å². The van der Waals surface area contributed by atoms with Crippen LogP contribution in [-0.4, -0.2) is 0 Å². The fourth-order valence-electron chi connectivity index (χ4n) is 0.860. The molecule has 0 heterocycles. The predicted octanol–water partition coefficient (Wildman–Crippen LogP) is 3.08. The minimum atomic E-state index is -4.24. The quantitative estimate of drug-likeness (QED) is 0.612. The normalized spacial score (nSPS) is 11.7. The highest BCUT2D eigenvalue weighted by molar-refractivity contribution is 5.24. The number of hydrogen-bond donors (Lipinski definition) is 0. The van der Waals surface area contributed by atoms with E-state index in [2.05, 4.69) is 6.92 Å². The molecule has 0 aliphatic carbocycles. The van der Waals surface area contributed by atoms with Gasteiger partial charge in [0, 0.05) is 0 Å². The largest absolute Gasteiger partial charge is 0.416 e. The molecule has 0 aromatic heterocycles. The summed E-state index contributed by atoms with van der Waals surface area (Å²) in [6.45, 7) is 3.57. The Morgan fingerprint density at radius 1 is 1.08 bits per heavy atom. The Morgan fingerprint density at radius 3 is 1.92 bits per heavy atom. The van der Waals surface area contributed by atoms with Gasteiger partial charge in [0.2, 0.25) is 0 Å². The summed E-state index contributed by atoms with van der Waals surface area (Å²) >= 11 is 0. The topological polar surface area (TPSA) is 0 Å². The van der Waals surface area contributed by atoms with Gasteiger partial charge < -0.3 is 0 Å². The maximum absolute atomic E-state index is 12.0. The third kappa shape index (κ3) is 2.00. The number of hydrogen-bond acceptors (Lipinski definition) is 0. The van der Waals surface area contributed by atoms with Crippen molar-refractivity contribution in [1.29, 1.82) is 0 Å². The van der Waals surface area contributed by atoms with Gasteiger partial charge in [0.25, 0.3) is 0 Å². The van der Waals surface area contributed by atoms with Crippen LogP contribution in [0.25, 0.3) is 0 Å². The molecular weight excluding hydrogens is 165 g/mol. The summed E-state index contributed by atoms with van der Waals surface area (Å²) in [6, 6.07) is 5.02. The lowest BCUT2D eigenvalue weighted by molar-refractivity contribution is -0.137. The van der Waals surface area contributed by atoms with Crippen molar-refractivity contribution in [1.82, 2.24) is 0 Å². The first-order valence-corrected chi connectivity index (χ1v) is 3.49. The highest BCUT2D eigenvalue weighted by Crippen LogP contribution is 2.28. The molecule has 0 aliphatic heterocycles. The van der Waals surface area contributed by atoms with Crippen molar-refractivity contribution < 1.29 is 13.2 Å². The first-order valence-electron chi connectivity index (χ1n) is 3.49. The third-order valence-corrected chi connectivity index (χ3v) is 1.57. The average Bonchev–Trinajstić information content (AvgIpc) is 2.03. The van der Waals surface area contributed by atoms with Gasteiger partial charge in [-0.15, -0.1) is 0 Å². The van der Waals surface area contributed by atoms with Crippen LogP contribution in [0.15, 0.2) is 24.3 Å². The molecule has 0 unspecified atom stereocenters. The van der Waals surface area contributed by atoms with Gasteiger partial charge in [-0.3, -0.25) is 0 Å². The van der Waals surface area contributed by atoms with Crippen molar-refractivity contribution in [3.05, 3.63) is 42.3 Å². The van der Waals surface area contributed by atoms with E-state index in [4.69, 9.17) is 0 Å². The van der Waals surface area contributed by atoms with E-state index in [1.165, 1.54) is 12.1 Å². The minimum absolute atomic E-state index is 0.512. The number of rotatable bonds is 1. The smallest absolute Gasteiger partial charge is 0.166 e. The molecule has 0 saturated heterocycles. The number of alkyl halides is 3. The van der Waals surface area contributed by atoms with Crippen LogP contribution in [0.4, 0.5) is 13.2 Å². The second-order valence-corrected chi connectivity index (χ2v) is 2.44. The molecule has 12 heavy (non-hydrogen) atoms. The molecule has 0 saturated carbocycles. The van der Waals surface area contributed by atoms with Gasteiger partial charge in [-0.05, 0) is 31.0 Å². The van der Waals surface area contributed by atoms with Gasteiger partial charge >= 0.3 is 6.18 Å². The molecule has 65 valence electrons. The van der Waals surface area contributed by atoms with Crippen molar-refractivity contribution in [3.63, 3.8) is 0 Å². The Hall–Kier alpha value is -0.990. The molecular formula is C9H8F3. The molecule has 1 aromatic rings. The SMILES string of the molecule is [CH2]Cc1ccc(C(F)(F)F)cc1. The van der Waals surface area contributed by atoms with Crippen LogP contribution in [0, 0.1) is 6.92 Å². The molecule has 1 aromatic carbocycles. The zero-order chi connectivity index (χ0) is 9.19. The van der Waals surface area contributed by atoms with E-state index in [0.717, 1.165) is 17.7 Å². The fourth-order valence-corrected chi connectivity index (χ4v) is 0.860. The maximum Gasteiger partial charge on any atom is 0.416 e. The maximum atomic E-state index is 12.0. The Balaban J connectivity index is 2.93. The van der Waals surface area contributed by atoms with Crippen LogP contribution in [0.2, 0.25) is 0 Å². The van der Waals surface area contributed by atoms with E-state index < -0.39 is 11.7 Å². The standard InChI is InChI=1S/C9H8F3/c1-2-7-3-5-8(6-4-7)9(10,11)12/h3-6H,1-2H2. The van der Waals surface area contributed by atoms with Gasteiger partial charge in [-0.1, -0.05) is 12.1 Å². The van der Waals surface area contributed by atoms with Crippen molar-refractivity contribution in [3.8, 4) is 0 Å². The minimum Gasteiger partial charge on any atom is -0.166 e. The highest BCUT2D eigenvalue weighted by atomic mass is 19.4. The third-order valence-electron chi connectivity index (χ3n) is 1.57. The van der Waals surface area contributed by atoms with Crippen LogP contribution in [0.1, 0.15) is 11.1 Å². The second-order valence-electron chi connectivity index (χ2n) is 2.44. The lowest BCUT2D eigenvalue weighted by Crippen LogP contribution is -2.04. The van der Waals surface area contributed by atoms with Gasteiger partial charge in [-0.2, -0.15) is 13.2 Å². The molecule has 0 fully saturated rings. The lowest BCUT2D eigenvalue weighted by Gasteiger charge is -2.06. The lowest BCUT2D eigenvalue weighted by atomic mass is 10.1. The van der Waals surface area contributed by atoms with Gasteiger partial charge in [0.05, 0.1) is 5.56 Å². The first-order chi connectivity index (χ1) is 5.54. The zero-order valence-electron chi connectivity index (χ0n) is 6.36. The van der Waals surface area contributed by atoms with Gasteiger partial charge in [0.15, 0.2) is 0 Å². The molecule has 0 aliphatic rings. The van der Waals surface area contributed by atoms with Crippen LogP contribution >= 0.6 is 0 Å². The van der Waals surface area contributed by atoms with Crippen molar-refractivity contribution in [2.45, 2.75) is 12.6 Å². The van der Waals surface area contributed by atoms with Crippen LogP contribution in [0.3, 0.4) is 0 Å². The summed E-state index contributed by atoms with van der Waals surface area (Å²) in [5.41, 5.74) is 0.197. The second kappa shape index (κ2) is 3.17. The average molecular weight is 173 g/mol. The highest BCUT2D eigenvalue weighted by Gasteiger charge is 2.29.